The van der Waals surface area contributed by atoms with Crippen LogP contribution in [0, 0.1) is 6.92 Å². The smallest absolute Gasteiger partial charge is 0.410 e. The van der Waals surface area contributed by atoms with Gasteiger partial charge >= 0.3 is 6.09 Å². The minimum Gasteiger partial charge on any atom is -0.489 e. The molecule has 1 aromatic rings. The molecule has 0 fully saturated rings. The molecular formula is C22H34N2O3. The number of hydrogen-bond donors (Lipinski definition) is 0. The Balaban J connectivity index is 1.87. The normalized spacial score (nSPS) is 19.7. The highest BCUT2D eigenvalue weighted by atomic mass is 16.6. The number of rotatable bonds is 2. The van der Waals surface area contributed by atoms with Gasteiger partial charge in [-0.2, -0.15) is 0 Å². The Morgan fingerprint density at radius 1 is 1.30 bits per heavy atom. The highest BCUT2D eigenvalue weighted by Crippen LogP contribution is 2.41. The van der Waals surface area contributed by atoms with Crippen molar-refractivity contribution in [3.8, 4) is 5.75 Å². The minimum atomic E-state index is -0.462. The van der Waals surface area contributed by atoms with Crippen LogP contribution in [0.2, 0.25) is 0 Å². The molecular weight excluding hydrogens is 340 g/mol. The van der Waals surface area contributed by atoms with Gasteiger partial charge in [0.1, 0.15) is 18.0 Å². The molecule has 0 bridgehead atoms. The van der Waals surface area contributed by atoms with Gasteiger partial charge in [0.2, 0.25) is 0 Å². The van der Waals surface area contributed by atoms with E-state index in [-0.39, 0.29) is 6.09 Å². The van der Waals surface area contributed by atoms with Crippen molar-refractivity contribution in [2.75, 3.05) is 31.1 Å². The molecule has 1 aromatic carbocycles. The van der Waals surface area contributed by atoms with Crippen LogP contribution in [0.1, 0.15) is 57.7 Å². The third-order valence-electron chi connectivity index (χ3n) is 5.43. The van der Waals surface area contributed by atoms with Gasteiger partial charge in [-0.05, 0) is 76.6 Å². The first-order valence-corrected chi connectivity index (χ1v) is 10.2. The Kier molecular flexibility index (Phi) is 5.59. The lowest BCUT2D eigenvalue weighted by atomic mass is 9.94. The fraction of sp³-hybridized carbons (Fsp3) is 0.682. The van der Waals surface area contributed by atoms with Crippen molar-refractivity contribution in [3.05, 3.63) is 22.8 Å². The molecule has 0 aromatic heterocycles. The summed E-state index contributed by atoms with van der Waals surface area (Å²) >= 11 is 0. The Labute approximate surface area is 163 Å². The van der Waals surface area contributed by atoms with Gasteiger partial charge < -0.3 is 19.3 Å². The molecule has 0 aliphatic carbocycles. The molecule has 0 saturated heterocycles. The third-order valence-corrected chi connectivity index (χ3v) is 5.43. The number of hydrogen-bond acceptors (Lipinski definition) is 4. The molecule has 2 heterocycles. The van der Waals surface area contributed by atoms with Gasteiger partial charge in [-0.1, -0.05) is 6.92 Å². The van der Waals surface area contributed by atoms with E-state index in [9.17, 15) is 4.79 Å². The standard InChI is InChI=1S/C22H34N2O3/c1-7-10-24-15(2)14-26-19-13-17-8-11-23(21(25)27-22(4,5)6)12-9-18(17)16(3)20(19)24/h13,15H,7-12,14H2,1-6H3/t15-/m1/s1. The first-order valence-electron chi connectivity index (χ1n) is 10.2. The second-order valence-electron chi connectivity index (χ2n) is 8.81. The van der Waals surface area contributed by atoms with Gasteiger partial charge in [-0.3, -0.25) is 0 Å². The Bertz CT molecular complexity index is 708. The van der Waals surface area contributed by atoms with Gasteiger partial charge in [-0.15, -0.1) is 0 Å². The van der Waals surface area contributed by atoms with Crippen LogP contribution in [0.4, 0.5) is 10.5 Å². The van der Waals surface area contributed by atoms with Gasteiger partial charge in [-0.25, -0.2) is 4.79 Å². The van der Waals surface area contributed by atoms with Crippen molar-refractivity contribution < 1.29 is 14.3 Å². The third kappa shape index (κ3) is 4.17. The zero-order valence-electron chi connectivity index (χ0n) is 17.7. The maximum absolute atomic E-state index is 12.5. The van der Waals surface area contributed by atoms with Gasteiger partial charge in [0.25, 0.3) is 0 Å². The van der Waals surface area contributed by atoms with Crippen LogP contribution in [0.25, 0.3) is 0 Å². The van der Waals surface area contributed by atoms with Gasteiger partial charge in [0.05, 0.1) is 11.7 Å². The molecule has 0 radical (unpaired) electrons. The van der Waals surface area contributed by atoms with E-state index < -0.39 is 5.60 Å². The van der Waals surface area contributed by atoms with Crippen molar-refractivity contribution in [2.45, 2.75) is 72.4 Å². The van der Waals surface area contributed by atoms with Crippen molar-refractivity contribution in [1.82, 2.24) is 4.90 Å². The number of carbonyl (C=O) groups is 1. The van der Waals surface area contributed by atoms with E-state index in [4.69, 9.17) is 9.47 Å². The number of benzene rings is 1. The summed E-state index contributed by atoms with van der Waals surface area (Å²) in [5.74, 6) is 1.00. The molecule has 150 valence electrons. The summed E-state index contributed by atoms with van der Waals surface area (Å²) in [7, 11) is 0. The number of ether oxygens (including phenoxy) is 2. The number of anilines is 1. The van der Waals surface area contributed by atoms with Crippen LogP contribution in [0.3, 0.4) is 0 Å². The summed E-state index contributed by atoms with van der Waals surface area (Å²) in [5, 5.41) is 0. The highest BCUT2D eigenvalue weighted by molar-refractivity contribution is 5.71. The second-order valence-corrected chi connectivity index (χ2v) is 8.81. The molecule has 2 aliphatic heterocycles. The van der Waals surface area contributed by atoms with Gasteiger partial charge in [0, 0.05) is 19.6 Å². The summed E-state index contributed by atoms with van der Waals surface area (Å²) in [4.78, 5) is 16.8. The quantitative estimate of drug-likeness (QED) is 0.773. The molecule has 0 spiro atoms. The maximum atomic E-state index is 12.5. The zero-order valence-corrected chi connectivity index (χ0v) is 17.7. The fourth-order valence-corrected chi connectivity index (χ4v) is 4.14. The lowest BCUT2D eigenvalue weighted by Crippen LogP contribution is -2.42. The maximum Gasteiger partial charge on any atom is 0.410 e. The van der Waals surface area contributed by atoms with E-state index in [1.165, 1.54) is 22.4 Å². The Morgan fingerprint density at radius 3 is 2.67 bits per heavy atom. The van der Waals surface area contributed by atoms with Crippen LogP contribution in [-0.4, -0.2) is 48.9 Å². The van der Waals surface area contributed by atoms with Gasteiger partial charge in [0.15, 0.2) is 0 Å². The average molecular weight is 375 g/mol. The summed E-state index contributed by atoms with van der Waals surface area (Å²) in [6.07, 6.45) is 2.61. The lowest BCUT2D eigenvalue weighted by Gasteiger charge is -2.39. The molecule has 0 N–H and O–H groups in total. The summed E-state index contributed by atoms with van der Waals surface area (Å²) < 4.78 is 11.7. The van der Waals surface area contributed by atoms with E-state index in [0.29, 0.717) is 19.1 Å². The predicted octanol–water partition coefficient (Wildman–Crippen LogP) is 4.33. The predicted molar refractivity (Wildman–Crippen MR) is 109 cm³/mol. The highest BCUT2D eigenvalue weighted by Gasteiger charge is 2.30. The molecule has 5 heteroatoms. The number of amides is 1. The first-order chi connectivity index (χ1) is 12.7. The summed E-state index contributed by atoms with van der Waals surface area (Å²) in [6.45, 7) is 15.6. The largest absolute Gasteiger partial charge is 0.489 e. The minimum absolute atomic E-state index is 0.213. The van der Waals surface area contributed by atoms with E-state index in [1.807, 2.05) is 25.7 Å². The molecule has 0 unspecified atom stereocenters. The SMILES string of the molecule is CCCN1c2c(cc3c(c2C)CCN(C(=O)OC(C)(C)C)CC3)OC[C@H]1C. The molecule has 27 heavy (non-hydrogen) atoms. The molecule has 2 aliphatic rings. The molecule has 1 atom stereocenters. The van der Waals surface area contributed by atoms with E-state index >= 15 is 0 Å². The summed E-state index contributed by atoms with van der Waals surface area (Å²) in [5.41, 5.74) is 4.78. The van der Waals surface area contributed by atoms with Crippen molar-refractivity contribution in [1.29, 1.82) is 0 Å². The monoisotopic (exact) mass is 374 g/mol. The Hall–Kier alpha value is -1.91. The van der Waals surface area contributed by atoms with E-state index in [0.717, 1.165) is 38.2 Å². The number of fused-ring (bicyclic) bond motifs is 2. The van der Waals surface area contributed by atoms with Crippen LogP contribution < -0.4 is 9.64 Å². The van der Waals surface area contributed by atoms with Crippen LogP contribution in [-0.2, 0) is 17.6 Å². The molecule has 1 amide bonds. The topological polar surface area (TPSA) is 42.0 Å². The first kappa shape index (κ1) is 19.8. The second kappa shape index (κ2) is 7.61. The van der Waals surface area contributed by atoms with Crippen LogP contribution >= 0.6 is 0 Å². The average Bonchev–Trinajstić information content (AvgIpc) is 2.79. The summed E-state index contributed by atoms with van der Waals surface area (Å²) in [6, 6.07) is 2.60. The lowest BCUT2D eigenvalue weighted by molar-refractivity contribution is 0.0258. The van der Waals surface area contributed by atoms with Crippen molar-refractivity contribution in [3.63, 3.8) is 0 Å². The molecule has 0 saturated carbocycles. The van der Waals surface area contributed by atoms with E-state index in [1.54, 1.807) is 0 Å². The zero-order chi connectivity index (χ0) is 19.8. The number of carbonyl (C=O) groups excluding carboxylic acids is 1. The Morgan fingerprint density at radius 2 is 2.00 bits per heavy atom. The molecule has 3 rings (SSSR count). The number of nitrogens with zero attached hydrogens (tertiary/aromatic N) is 2. The van der Waals surface area contributed by atoms with Crippen LogP contribution in [0.15, 0.2) is 6.07 Å². The van der Waals surface area contributed by atoms with E-state index in [2.05, 4.69) is 31.7 Å². The molecule has 5 nitrogen and oxygen atoms in total. The van der Waals surface area contributed by atoms with Crippen LogP contribution in [0.5, 0.6) is 5.75 Å². The van der Waals surface area contributed by atoms with Crippen molar-refractivity contribution in [2.24, 2.45) is 0 Å². The fourth-order valence-electron chi connectivity index (χ4n) is 4.14. The van der Waals surface area contributed by atoms with Crippen molar-refractivity contribution >= 4 is 11.8 Å².